The molecule has 0 unspecified atom stereocenters. The maximum absolute atomic E-state index is 12.0. The molecule has 0 saturated heterocycles. The fourth-order valence-corrected chi connectivity index (χ4v) is 2.65. The second-order valence-electron chi connectivity index (χ2n) is 4.72. The summed E-state index contributed by atoms with van der Waals surface area (Å²) >= 11 is 0. The summed E-state index contributed by atoms with van der Waals surface area (Å²) in [5, 5.41) is 3.99. The first-order valence-corrected chi connectivity index (χ1v) is 7.67. The van der Waals surface area contributed by atoms with Crippen LogP contribution in [0.25, 0.3) is 0 Å². The number of sulfonamides is 1. The van der Waals surface area contributed by atoms with Crippen molar-refractivity contribution in [1.82, 2.24) is 14.5 Å². The lowest BCUT2D eigenvalue weighted by Crippen LogP contribution is -2.26. The zero-order valence-electron chi connectivity index (χ0n) is 11.2. The molecule has 0 fully saturated rings. The van der Waals surface area contributed by atoms with Crippen LogP contribution in [-0.2, 0) is 16.6 Å². The van der Waals surface area contributed by atoms with Gasteiger partial charge in [-0.3, -0.25) is 4.68 Å². The number of rotatable bonds is 7. The Morgan fingerprint density at radius 3 is 2.72 bits per heavy atom. The number of nitrogens with zero attached hydrogens (tertiary/aromatic N) is 2. The number of nitrogen functional groups attached to an aromatic ring is 1. The molecule has 1 aromatic heterocycles. The predicted molar refractivity (Wildman–Crippen MR) is 71.6 cm³/mol. The second kappa shape index (κ2) is 6.19. The van der Waals surface area contributed by atoms with Crippen LogP contribution in [0, 0.1) is 5.92 Å². The molecular formula is C11H22N4O2S. The van der Waals surface area contributed by atoms with Crippen LogP contribution in [0.15, 0.2) is 11.1 Å². The highest BCUT2D eigenvalue weighted by Crippen LogP contribution is 2.16. The van der Waals surface area contributed by atoms with Crippen LogP contribution in [0.1, 0.15) is 33.6 Å². The van der Waals surface area contributed by atoms with Crippen LogP contribution in [0.3, 0.4) is 0 Å². The molecule has 0 aliphatic rings. The summed E-state index contributed by atoms with van der Waals surface area (Å²) in [6.07, 6.45) is 3.15. The molecule has 0 radical (unpaired) electrons. The van der Waals surface area contributed by atoms with E-state index in [1.807, 2.05) is 20.8 Å². The van der Waals surface area contributed by atoms with Gasteiger partial charge >= 0.3 is 0 Å². The van der Waals surface area contributed by atoms with E-state index in [4.69, 9.17) is 5.73 Å². The van der Waals surface area contributed by atoms with Gasteiger partial charge in [-0.2, -0.15) is 5.10 Å². The average molecular weight is 274 g/mol. The first-order chi connectivity index (χ1) is 8.36. The van der Waals surface area contributed by atoms with Crippen LogP contribution >= 0.6 is 0 Å². The van der Waals surface area contributed by atoms with E-state index in [-0.39, 0.29) is 10.7 Å². The molecule has 0 amide bonds. The fourth-order valence-electron chi connectivity index (χ4n) is 1.53. The summed E-state index contributed by atoms with van der Waals surface area (Å²) < 4.78 is 28.1. The zero-order chi connectivity index (χ0) is 13.8. The highest BCUT2D eigenvalue weighted by atomic mass is 32.2. The van der Waals surface area contributed by atoms with Gasteiger partial charge in [-0.15, -0.1) is 0 Å². The second-order valence-corrected chi connectivity index (χ2v) is 6.46. The average Bonchev–Trinajstić information content (AvgIpc) is 2.60. The first kappa shape index (κ1) is 15.0. The third-order valence-corrected chi connectivity index (χ3v) is 3.99. The number of aryl methyl sites for hydroxylation is 1. The van der Waals surface area contributed by atoms with E-state index in [0.717, 1.165) is 12.8 Å². The standard InChI is InChI=1S/C11H22N4O2S/c1-4-7-15-8-10(11(12)14-15)18(16,17)13-6-5-9(2)3/h8-9,13H,4-7H2,1-3H3,(H2,12,14). The molecule has 1 heterocycles. The minimum absolute atomic E-state index is 0.0560. The van der Waals surface area contributed by atoms with E-state index in [9.17, 15) is 8.42 Å². The normalized spacial score (nSPS) is 12.2. The quantitative estimate of drug-likeness (QED) is 0.781. The summed E-state index contributed by atoms with van der Waals surface area (Å²) in [4.78, 5) is 0.0692. The van der Waals surface area contributed by atoms with Crippen molar-refractivity contribution >= 4 is 15.8 Å². The zero-order valence-corrected chi connectivity index (χ0v) is 12.0. The van der Waals surface area contributed by atoms with Gasteiger partial charge in [0.25, 0.3) is 0 Å². The monoisotopic (exact) mass is 274 g/mol. The van der Waals surface area contributed by atoms with Crippen molar-refractivity contribution in [1.29, 1.82) is 0 Å². The van der Waals surface area contributed by atoms with Gasteiger partial charge in [-0.1, -0.05) is 20.8 Å². The molecule has 0 bridgehead atoms. The van der Waals surface area contributed by atoms with Gasteiger partial charge in [0, 0.05) is 19.3 Å². The lowest BCUT2D eigenvalue weighted by Gasteiger charge is -2.06. The van der Waals surface area contributed by atoms with Crippen molar-refractivity contribution in [3.05, 3.63) is 6.20 Å². The third kappa shape index (κ3) is 3.99. The van der Waals surface area contributed by atoms with Crippen LogP contribution in [-0.4, -0.2) is 24.7 Å². The van der Waals surface area contributed by atoms with E-state index >= 15 is 0 Å². The SMILES string of the molecule is CCCn1cc(S(=O)(=O)NCCC(C)C)c(N)n1. The molecule has 0 aliphatic carbocycles. The summed E-state index contributed by atoms with van der Waals surface area (Å²) in [5.41, 5.74) is 5.64. The topological polar surface area (TPSA) is 90.0 Å². The molecule has 3 N–H and O–H groups in total. The van der Waals surface area contributed by atoms with Gasteiger partial charge in [0.1, 0.15) is 4.90 Å². The Bertz CT molecular complexity index is 479. The Kier molecular flexibility index (Phi) is 5.15. The maximum atomic E-state index is 12.0. The minimum atomic E-state index is -3.54. The van der Waals surface area contributed by atoms with E-state index in [1.165, 1.54) is 6.20 Å². The van der Waals surface area contributed by atoms with Crippen LogP contribution in [0.2, 0.25) is 0 Å². The summed E-state index contributed by atoms with van der Waals surface area (Å²) in [7, 11) is -3.54. The summed E-state index contributed by atoms with van der Waals surface area (Å²) in [6.45, 7) is 7.15. The number of hydrogen-bond acceptors (Lipinski definition) is 4. The Morgan fingerprint density at radius 1 is 1.50 bits per heavy atom. The molecule has 1 aromatic rings. The number of aromatic nitrogens is 2. The maximum Gasteiger partial charge on any atom is 0.245 e. The molecule has 18 heavy (non-hydrogen) atoms. The third-order valence-electron chi connectivity index (χ3n) is 2.51. The van der Waals surface area contributed by atoms with E-state index in [0.29, 0.717) is 19.0 Å². The van der Waals surface area contributed by atoms with Crippen LogP contribution in [0.4, 0.5) is 5.82 Å². The number of hydrogen-bond donors (Lipinski definition) is 2. The Balaban J connectivity index is 2.78. The van der Waals surface area contributed by atoms with Gasteiger partial charge in [-0.25, -0.2) is 13.1 Å². The van der Waals surface area contributed by atoms with Crippen molar-refractivity contribution in [2.75, 3.05) is 12.3 Å². The molecule has 6 nitrogen and oxygen atoms in total. The number of nitrogens with two attached hydrogens (primary N) is 1. The van der Waals surface area contributed by atoms with Gasteiger partial charge in [0.2, 0.25) is 10.0 Å². The Hall–Kier alpha value is -1.08. The van der Waals surface area contributed by atoms with Crippen LogP contribution < -0.4 is 10.5 Å². The van der Waals surface area contributed by atoms with Crippen molar-refractivity contribution in [3.63, 3.8) is 0 Å². The molecule has 0 atom stereocenters. The smallest absolute Gasteiger partial charge is 0.245 e. The van der Waals surface area contributed by atoms with Gasteiger partial charge in [0.15, 0.2) is 5.82 Å². The molecule has 0 spiro atoms. The van der Waals surface area contributed by atoms with Gasteiger partial charge < -0.3 is 5.73 Å². The number of anilines is 1. The minimum Gasteiger partial charge on any atom is -0.381 e. The van der Waals surface area contributed by atoms with Crippen molar-refractivity contribution < 1.29 is 8.42 Å². The fraction of sp³-hybridized carbons (Fsp3) is 0.727. The highest BCUT2D eigenvalue weighted by molar-refractivity contribution is 7.89. The van der Waals surface area contributed by atoms with Gasteiger partial charge in [0.05, 0.1) is 0 Å². The largest absolute Gasteiger partial charge is 0.381 e. The number of nitrogens with one attached hydrogen (secondary N) is 1. The summed E-state index contributed by atoms with van der Waals surface area (Å²) in [6, 6.07) is 0. The predicted octanol–water partition coefficient (Wildman–Crippen LogP) is 1.20. The van der Waals surface area contributed by atoms with Crippen molar-refractivity contribution in [2.45, 2.75) is 45.1 Å². The molecule has 1 rings (SSSR count). The van der Waals surface area contributed by atoms with E-state index < -0.39 is 10.0 Å². The van der Waals surface area contributed by atoms with E-state index in [1.54, 1.807) is 4.68 Å². The lowest BCUT2D eigenvalue weighted by molar-refractivity contribution is 0.551. The van der Waals surface area contributed by atoms with E-state index in [2.05, 4.69) is 9.82 Å². The van der Waals surface area contributed by atoms with Crippen molar-refractivity contribution in [3.8, 4) is 0 Å². The Morgan fingerprint density at radius 2 is 2.17 bits per heavy atom. The van der Waals surface area contributed by atoms with Crippen LogP contribution in [0.5, 0.6) is 0 Å². The molecule has 0 saturated carbocycles. The lowest BCUT2D eigenvalue weighted by atomic mass is 10.1. The summed E-state index contributed by atoms with van der Waals surface area (Å²) in [5.74, 6) is 0.508. The molecule has 104 valence electrons. The Labute approximate surface area is 109 Å². The molecule has 0 aromatic carbocycles. The van der Waals surface area contributed by atoms with Gasteiger partial charge in [-0.05, 0) is 18.8 Å². The first-order valence-electron chi connectivity index (χ1n) is 6.19. The molecule has 7 heteroatoms. The molecule has 0 aliphatic heterocycles. The van der Waals surface area contributed by atoms with Crippen molar-refractivity contribution in [2.24, 2.45) is 5.92 Å². The molecular weight excluding hydrogens is 252 g/mol. The highest BCUT2D eigenvalue weighted by Gasteiger charge is 2.20.